The Bertz CT molecular complexity index is 1920. The molecule has 0 bridgehead atoms. The average molecular weight is 758 g/mol. The number of carbonyl (C=O) groups excluding carboxylic acids is 2. The van der Waals surface area contributed by atoms with Crippen LogP contribution < -0.4 is 15.4 Å². The van der Waals surface area contributed by atoms with Crippen molar-refractivity contribution < 1.29 is 31.1 Å². The van der Waals surface area contributed by atoms with Crippen LogP contribution in [0.4, 0.5) is 20.6 Å². The van der Waals surface area contributed by atoms with Crippen molar-refractivity contribution in [3.8, 4) is 6.07 Å². The highest BCUT2D eigenvalue weighted by Crippen LogP contribution is 2.43. The summed E-state index contributed by atoms with van der Waals surface area (Å²) in [6.07, 6.45) is 3.05. The van der Waals surface area contributed by atoms with Crippen LogP contribution in [0.25, 0.3) is 0 Å². The van der Waals surface area contributed by atoms with Crippen molar-refractivity contribution in [1.29, 1.82) is 5.26 Å². The number of nitrogens with one attached hydrogen (secondary N) is 3. The van der Waals surface area contributed by atoms with Gasteiger partial charge in [-0.15, -0.1) is 4.72 Å². The van der Waals surface area contributed by atoms with Gasteiger partial charge in [0, 0.05) is 28.5 Å². The van der Waals surface area contributed by atoms with Crippen LogP contribution in [0.5, 0.6) is 0 Å². The largest absolute Gasteiger partial charge is 0.598 e. The number of hydrogen-bond donors (Lipinski definition) is 3. The zero-order chi connectivity index (χ0) is 37.1. The number of benzene rings is 3. The topological polar surface area (TPSA) is 164 Å². The lowest BCUT2D eigenvalue weighted by atomic mass is 9.79. The van der Waals surface area contributed by atoms with Gasteiger partial charge in [0.2, 0.25) is 5.91 Å². The van der Waals surface area contributed by atoms with Gasteiger partial charge in [-0.1, -0.05) is 42.6 Å². The second-order valence-electron chi connectivity index (χ2n) is 14.0. The molecule has 0 aromatic heterocycles. The van der Waals surface area contributed by atoms with Gasteiger partial charge < -0.3 is 20.1 Å². The second kappa shape index (κ2) is 15.5. The number of halogens is 2. The molecule has 2 fully saturated rings. The van der Waals surface area contributed by atoms with Crippen LogP contribution in [-0.2, 0) is 36.0 Å². The van der Waals surface area contributed by atoms with Gasteiger partial charge in [-0.2, -0.15) is 13.7 Å². The summed E-state index contributed by atoms with van der Waals surface area (Å²) in [7, 11) is -3.93. The molecule has 1 aliphatic carbocycles. The minimum Gasteiger partial charge on any atom is -0.598 e. The number of anilines is 2. The Morgan fingerprint density at radius 3 is 2.39 bits per heavy atom. The maximum atomic E-state index is 15.6. The third-order valence-corrected chi connectivity index (χ3v) is 11.4. The summed E-state index contributed by atoms with van der Waals surface area (Å²) in [6, 6.07) is 17.7. The first-order valence-corrected chi connectivity index (χ1v) is 19.8. The van der Waals surface area contributed by atoms with Gasteiger partial charge in [0.05, 0.1) is 36.2 Å². The minimum absolute atomic E-state index is 0.174. The molecule has 11 nitrogen and oxygen atoms in total. The maximum absolute atomic E-state index is 15.6. The Morgan fingerprint density at radius 1 is 1.08 bits per heavy atom. The van der Waals surface area contributed by atoms with Gasteiger partial charge in [0.1, 0.15) is 22.1 Å². The van der Waals surface area contributed by atoms with Crippen molar-refractivity contribution in [3.05, 3.63) is 94.3 Å². The van der Waals surface area contributed by atoms with E-state index in [9.17, 15) is 27.8 Å². The number of amides is 3. The first kappa shape index (κ1) is 38.5. The Morgan fingerprint density at radius 2 is 1.76 bits per heavy atom. The number of nitriles is 1. The molecule has 2 aliphatic rings. The normalized spacial score (nSPS) is 19.5. The number of urea groups is 1. The van der Waals surface area contributed by atoms with E-state index in [0.717, 1.165) is 30.4 Å². The molecular weight excluding hydrogens is 717 g/mol. The van der Waals surface area contributed by atoms with Gasteiger partial charge in [-0.25, -0.2) is 9.18 Å². The van der Waals surface area contributed by atoms with E-state index in [0.29, 0.717) is 39.7 Å². The zero-order valence-electron chi connectivity index (χ0n) is 28.7. The molecule has 3 amide bonds. The number of nitrogens with zero attached hydrogens (tertiary/aromatic N) is 2. The van der Waals surface area contributed by atoms with Crippen LogP contribution in [0.3, 0.4) is 0 Å². The lowest BCUT2D eigenvalue weighted by molar-refractivity contribution is -0.119. The van der Waals surface area contributed by atoms with Crippen molar-refractivity contribution in [2.45, 2.75) is 75.3 Å². The summed E-state index contributed by atoms with van der Waals surface area (Å²) < 4.78 is 61.2. The van der Waals surface area contributed by atoms with Crippen LogP contribution in [-0.4, -0.2) is 59.5 Å². The third-order valence-electron chi connectivity index (χ3n) is 8.88. The van der Waals surface area contributed by atoms with Crippen LogP contribution in [0, 0.1) is 23.1 Å². The van der Waals surface area contributed by atoms with Crippen molar-refractivity contribution in [3.63, 3.8) is 0 Å². The van der Waals surface area contributed by atoms with Gasteiger partial charge in [-0.3, -0.25) is 8.98 Å². The quantitative estimate of drug-likeness (QED) is 0.141. The van der Waals surface area contributed by atoms with E-state index < -0.39 is 61.7 Å². The van der Waals surface area contributed by atoms with Gasteiger partial charge in [0.25, 0.3) is 10.1 Å². The number of rotatable bonds is 12. The zero-order valence-corrected chi connectivity index (χ0v) is 31.1. The summed E-state index contributed by atoms with van der Waals surface area (Å²) in [5, 5.41) is 15.5. The van der Waals surface area contributed by atoms with Crippen LogP contribution in [0.2, 0.25) is 5.02 Å². The molecule has 1 heterocycles. The molecule has 3 aromatic rings. The van der Waals surface area contributed by atoms with Gasteiger partial charge in [-0.05, 0) is 99.2 Å². The smallest absolute Gasteiger partial charge is 0.322 e. The highest BCUT2D eigenvalue weighted by Gasteiger charge is 2.45. The lowest BCUT2D eigenvalue weighted by Crippen LogP contribution is -2.52. The number of hydrogen-bond acceptors (Lipinski definition) is 8. The van der Waals surface area contributed by atoms with Crippen LogP contribution in [0.1, 0.15) is 69.6 Å². The van der Waals surface area contributed by atoms with E-state index in [1.807, 2.05) is 26.8 Å². The van der Waals surface area contributed by atoms with Crippen molar-refractivity contribution in [2.75, 3.05) is 23.4 Å². The summed E-state index contributed by atoms with van der Waals surface area (Å²) in [4.78, 5) is 28.5. The first-order chi connectivity index (χ1) is 24.0. The van der Waals surface area contributed by atoms with Crippen molar-refractivity contribution in [2.24, 2.45) is 5.92 Å². The lowest BCUT2D eigenvalue weighted by Gasteiger charge is -2.39. The second-order valence-corrected chi connectivity index (χ2v) is 18.0. The Hall–Kier alpha value is -3.71. The fourth-order valence-electron chi connectivity index (χ4n) is 6.04. The Kier molecular flexibility index (Phi) is 11.7. The standard InChI is InChI=1S/C36H41ClFN5O6S2/c1-35(2,3)50(46)42-36(17-16-23-8-9-23,25-7-5-6-24(18-25)21-39)26-10-15-30(38)31(19-26)41-33(44)32-20-29(49-51(4,47)48)22-43(32)34(45)40-28-13-11-27(37)12-14-28/h5-7,10-15,18-19,23,29,32,42H,8-9,16-17,20,22H2,1-4H3,(H,40,45)(H,41,44)/t29-,32?,36?,50?/m1/s1. The Labute approximate surface area is 306 Å². The highest BCUT2D eigenvalue weighted by molar-refractivity contribution is 7.90. The van der Waals surface area contributed by atoms with E-state index in [2.05, 4.69) is 21.4 Å². The molecule has 15 heteroatoms. The SMILES string of the molecule is CC(C)(C)[S+]([O-])NC(CCC1CC1)(c1cccc(C#N)c1)c1ccc(F)c(NC(=O)C2C[C@@H](OS(C)(=O)=O)CN2C(=O)Nc2ccc(Cl)cc2)c1. The molecule has 1 saturated heterocycles. The van der Waals surface area contributed by atoms with Crippen LogP contribution in [0.15, 0.2) is 66.7 Å². The predicted molar refractivity (Wildman–Crippen MR) is 195 cm³/mol. The minimum atomic E-state index is -3.93. The summed E-state index contributed by atoms with van der Waals surface area (Å²) in [5.74, 6) is -1.05. The monoisotopic (exact) mass is 757 g/mol. The first-order valence-electron chi connectivity index (χ1n) is 16.5. The fourth-order valence-corrected chi connectivity index (χ4v) is 7.76. The summed E-state index contributed by atoms with van der Waals surface area (Å²) in [6.45, 7) is 5.28. The van der Waals surface area contributed by atoms with Gasteiger partial charge >= 0.3 is 6.03 Å². The predicted octanol–water partition coefficient (Wildman–Crippen LogP) is 6.43. The summed E-state index contributed by atoms with van der Waals surface area (Å²) in [5.41, 5.74) is 0.607. The van der Waals surface area contributed by atoms with E-state index >= 15 is 4.39 Å². The molecule has 0 radical (unpaired) electrons. The molecule has 4 atom stereocenters. The molecule has 3 unspecified atom stereocenters. The molecule has 1 saturated carbocycles. The molecular formula is C36H41ClFN5O6S2. The van der Waals surface area contributed by atoms with E-state index in [-0.39, 0.29) is 18.7 Å². The maximum Gasteiger partial charge on any atom is 0.322 e. The van der Waals surface area contributed by atoms with Gasteiger partial charge in [0.15, 0.2) is 0 Å². The number of carbonyl (C=O) groups is 2. The van der Waals surface area contributed by atoms with E-state index in [1.165, 1.54) is 12.1 Å². The molecule has 272 valence electrons. The summed E-state index contributed by atoms with van der Waals surface area (Å²) >= 11 is 4.35. The fraction of sp³-hybridized carbons (Fsp3) is 0.417. The average Bonchev–Trinajstić information content (AvgIpc) is 3.81. The highest BCUT2D eigenvalue weighted by atomic mass is 35.5. The molecule has 1 aliphatic heterocycles. The van der Waals surface area contributed by atoms with Crippen molar-refractivity contribution >= 4 is 56.4 Å². The molecule has 0 spiro atoms. The van der Waals surface area contributed by atoms with E-state index in [1.54, 1.807) is 48.5 Å². The number of likely N-dealkylation sites (tertiary alicyclic amines) is 1. The molecule has 51 heavy (non-hydrogen) atoms. The van der Waals surface area contributed by atoms with E-state index in [4.69, 9.17) is 15.8 Å². The Balaban J connectivity index is 1.51. The molecule has 3 N–H and O–H groups in total. The molecule has 5 rings (SSSR count). The van der Waals surface area contributed by atoms with Crippen molar-refractivity contribution in [1.82, 2.24) is 9.62 Å². The molecule has 3 aromatic carbocycles. The third kappa shape index (κ3) is 9.79. The van der Waals surface area contributed by atoms with Crippen LogP contribution >= 0.6 is 11.6 Å².